The van der Waals surface area contributed by atoms with Gasteiger partial charge in [-0.05, 0) is 57.0 Å². The number of amides is 1. The molecule has 1 aliphatic heterocycles. The molecule has 2 saturated carbocycles. The number of rotatable bonds is 3. The minimum atomic E-state index is 0.347. The van der Waals surface area contributed by atoms with Crippen LogP contribution in [0.25, 0.3) is 0 Å². The summed E-state index contributed by atoms with van der Waals surface area (Å²) >= 11 is 0. The molecule has 96 valence electrons. The number of nitrogens with one attached hydrogen (secondary N) is 2. The number of carbonyl (C=O) groups is 1. The van der Waals surface area contributed by atoms with Gasteiger partial charge in [-0.15, -0.1) is 0 Å². The molecule has 3 aliphatic rings. The molecule has 3 rings (SSSR count). The average Bonchev–Trinajstić information content (AvgIpc) is 2.80. The van der Waals surface area contributed by atoms with Gasteiger partial charge in [-0.3, -0.25) is 4.79 Å². The maximum Gasteiger partial charge on any atom is 0.223 e. The molecule has 17 heavy (non-hydrogen) atoms. The van der Waals surface area contributed by atoms with Crippen LogP contribution in [0.3, 0.4) is 0 Å². The smallest absolute Gasteiger partial charge is 0.223 e. The summed E-state index contributed by atoms with van der Waals surface area (Å²) in [6.45, 7) is 4.35. The van der Waals surface area contributed by atoms with Crippen molar-refractivity contribution in [3.05, 3.63) is 0 Å². The van der Waals surface area contributed by atoms with Gasteiger partial charge < -0.3 is 10.6 Å². The van der Waals surface area contributed by atoms with E-state index in [9.17, 15) is 4.79 Å². The third-order valence-electron chi connectivity index (χ3n) is 5.13. The van der Waals surface area contributed by atoms with Crippen LogP contribution < -0.4 is 10.6 Å². The maximum atomic E-state index is 12.2. The Kier molecular flexibility index (Phi) is 3.12. The van der Waals surface area contributed by atoms with E-state index >= 15 is 0 Å². The van der Waals surface area contributed by atoms with Crippen molar-refractivity contribution >= 4 is 5.91 Å². The monoisotopic (exact) mass is 236 g/mol. The first-order chi connectivity index (χ1) is 8.27. The van der Waals surface area contributed by atoms with Crippen LogP contribution in [0.2, 0.25) is 0 Å². The predicted octanol–water partition coefficient (Wildman–Crippen LogP) is 1.54. The Balaban J connectivity index is 1.50. The second-order valence-electron chi connectivity index (χ2n) is 6.19. The van der Waals surface area contributed by atoms with Crippen molar-refractivity contribution in [1.82, 2.24) is 10.6 Å². The molecule has 2 aliphatic carbocycles. The van der Waals surface area contributed by atoms with E-state index in [1.54, 1.807) is 0 Å². The Morgan fingerprint density at radius 2 is 1.94 bits per heavy atom. The molecule has 1 amide bonds. The van der Waals surface area contributed by atoms with Crippen molar-refractivity contribution in [2.24, 2.45) is 23.7 Å². The largest absolute Gasteiger partial charge is 0.353 e. The fourth-order valence-electron chi connectivity index (χ4n) is 3.92. The van der Waals surface area contributed by atoms with E-state index in [4.69, 9.17) is 0 Å². The summed E-state index contributed by atoms with van der Waals surface area (Å²) < 4.78 is 0. The van der Waals surface area contributed by atoms with Gasteiger partial charge in [-0.2, -0.15) is 0 Å². The van der Waals surface area contributed by atoms with Crippen molar-refractivity contribution < 1.29 is 4.79 Å². The summed E-state index contributed by atoms with van der Waals surface area (Å²) in [4.78, 5) is 12.2. The Morgan fingerprint density at radius 3 is 2.53 bits per heavy atom. The molecule has 4 unspecified atom stereocenters. The number of carbonyl (C=O) groups excluding carboxylic acids is 1. The van der Waals surface area contributed by atoms with E-state index in [1.807, 2.05) is 0 Å². The molecule has 0 bridgehead atoms. The molecule has 3 heteroatoms. The van der Waals surface area contributed by atoms with Crippen LogP contribution in [-0.4, -0.2) is 25.0 Å². The summed E-state index contributed by atoms with van der Waals surface area (Å²) in [6, 6.07) is 0.347. The normalized spacial score (nSPS) is 41.7. The first kappa shape index (κ1) is 11.5. The molecular formula is C14H24N2O. The van der Waals surface area contributed by atoms with E-state index in [2.05, 4.69) is 17.6 Å². The van der Waals surface area contributed by atoms with Crippen LogP contribution in [0.15, 0.2) is 0 Å². The molecule has 0 aromatic heterocycles. The van der Waals surface area contributed by atoms with E-state index < -0.39 is 0 Å². The van der Waals surface area contributed by atoms with E-state index in [1.165, 1.54) is 32.1 Å². The highest BCUT2D eigenvalue weighted by molar-refractivity contribution is 5.82. The Morgan fingerprint density at radius 1 is 1.24 bits per heavy atom. The van der Waals surface area contributed by atoms with Gasteiger partial charge in [0.2, 0.25) is 5.91 Å². The van der Waals surface area contributed by atoms with E-state index in [-0.39, 0.29) is 0 Å². The topological polar surface area (TPSA) is 41.1 Å². The lowest BCUT2D eigenvalue weighted by Crippen LogP contribution is -2.40. The molecular weight excluding hydrogens is 212 g/mol. The summed E-state index contributed by atoms with van der Waals surface area (Å²) in [7, 11) is 0. The SMILES string of the molecule is CC(NC(=O)C1C2CCCCC21)C1CCNC1. The highest BCUT2D eigenvalue weighted by atomic mass is 16.2. The molecule has 1 saturated heterocycles. The van der Waals surface area contributed by atoms with Crippen LogP contribution >= 0.6 is 0 Å². The van der Waals surface area contributed by atoms with Gasteiger partial charge in [0.1, 0.15) is 0 Å². The standard InChI is InChI=1S/C14H24N2O/c1-9(10-6-7-15-8-10)16-14(17)13-11-4-2-3-5-12(11)13/h9-13,15H,2-8H2,1H3,(H,16,17). The first-order valence-electron chi connectivity index (χ1n) is 7.28. The van der Waals surface area contributed by atoms with Crippen LogP contribution in [0.1, 0.15) is 39.0 Å². The minimum absolute atomic E-state index is 0.347. The molecule has 0 aromatic rings. The second-order valence-corrected chi connectivity index (χ2v) is 6.19. The molecule has 0 spiro atoms. The fraction of sp³-hybridized carbons (Fsp3) is 0.929. The maximum absolute atomic E-state index is 12.2. The summed E-state index contributed by atoms with van der Waals surface area (Å²) in [6.07, 6.45) is 6.48. The lowest BCUT2D eigenvalue weighted by molar-refractivity contribution is -0.123. The van der Waals surface area contributed by atoms with Crippen molar-refractivity contribution in [3.8, 4) is 0 Å². The third kappa shape index (κ3) is 2.22. The van der Waals surface area contributed by atoms with E-state index in [0.717, 1.165) is 24.9 Å². The molecule has 0 aromatic carbocycles. The second kappa shape index (κ2) is 4.60. The molecule has 2 N–H and O–H groups in total. The van der Waals surface area contributed by atoms with Crippen LogP contribution in [0.4, 0.5) is 0 Å². The quantitative estimate of drug-likeness (QED) is 0.780. The van der Waals surface area contributed by atoms with E-state index in [0.29, 0.717) is 23.8 Å². The van der Waals surface area contributed by atoms with Crippen molar-refractivity contribution in [3.63, 3.8) is 0 Å². The van der Waals surface area contributed by atoms with Crippen LogP contribution in [0, 0.1) is 23.7 Å². The van der Waals surface area contributed by atoms with Gasteiger partial charge >= 0.3 is 0 Å². The average molecular weight is 236 g/mol. The zero-order valence-corrected chi connectivity index (χ0v) is 10.7. The van der Waals surface area contributed by atoms with Crippen molar-refractivity contribution in [1.29, 1.82) is 0 Å². The molecule has 1 heterocycles. The molecule has 3 fully saturated rings. The van der Waals surface area contributed by atoms with Gasteiger partial charge in [0, 0.05) is 12.0 Å². The van der Waals surface area contributed by atoms with Gasteiger partial charge in [0.25, 0.3) is 0 Å². The lowest BCUT2D eigenvalue weighted by atomic mass is 10.0. The van der Waals surface area contributed by atoms with Gasteiger partial charge in [0.15, 0.2) is 0 Å². The Bertz CT molecular complexity index is 287. The number of hydrogen-bond donors (Lipinski definition) is 2. The number of fused-ring (bicyclic) bond motifs is 1. The number of hydrogen-bond acceptors (Lipinski definition) is 2. The summed E-state index contributed by atoms with van der Waals surface area (Å²) in [5.74, 6) is 2.82. The van der Waals surface area contributed by atoms with Crippen LogP contribution in [0.5, 0.6) is 0 Å². The Hall–Kier alpha value is -0.570. The highest BCUT2D eigenvalue weighted by Crippen LogP contribution is 2.55. The molecule has 3 nitrogen and oxygen atoms in total. The molecule has 0 radical (unpaired) electrons. The zero-order valence-electron chi connectivity index (χ0n) is 10.7. The predicted molar refractivity (Wildman–Crippen MR) is 67.5 cm³/mol. The van der Waals surface area contributed by atoms with Gasteiger partial charge in [-0.1, -0.05) is 12.8 Å². The summed E-state index contributed by atoms with van der Waals surface area (Å²) in [5, 5.41) is 6.63. The highest BCUT2D eigenvalue weighted by Gasteiger charge is 2.54. The van der Waals surface area contributed by atoms with Gasteiger partial charge in [-0.25, -0.2) is 0 Å². The zero-order chi connectivity index (χ0) is 11.8. The Labute approximate surface area is 104 Å². The molecule has 4 atom stereocenters. The van der Waals surface area contributed by atoms with Gasteiger partial charge in [0.05, 0.1) is 0 Å². The summed E-state index contributed by atoms with van der Waals surface area (Å²) in [5.41, 5.74) is 0. The van der Waals surface area contributed by atoms with Crippen LogP contribution in [-0.2, 0) is 4.79 Å². The van der Waals surface area contributed by atoms with Crippen molar-refractivity contribution in [2.75, 3.05) is 13.1 Å². The third-order valence-corrected chi connectivity index (χ3v) is 5.13. The first-order valence-corrected chi connectivity index (χ1v) is 7.28. The van der Waals surface area contributed by atoms with Crippen molar-refractivity contribution in [2.45, 2.75) is 45.1 Å². The minimum Gasteiger partial charge on any atom is -0.353 e. The fourth-order valence-corrected chi connectivity index (χ4v) is 3.92. The lowest BCUT2D eigenvalue weighted by Gasteiger charge is -2.19.